The first kappa shape index (κ1) is 14.6. The summed E-state index contributed by atoms with van der Waals surface area (Å²) in [6, 6.07) is 11.4. The van der Waals surface area contributed by atoms with Crippen molar-refractivity contribution in [3.05, 3.63) is 58.9 Å². The number of nitrogens with one attached hydrogen (secondary N) is 1. The van der Waals surface area contributed by atoms with Crippen LogP contribution in [0.4, 0.5) is 10.1 Å². The number of halogens is 2. The predicted molar refractivity (Wildman–Crippen MR) is 77.9 cm³/mol. The van der Waals surface area contributed by atoms with Gasteiger partial charge in [0.05, 0.1) is 13.2 Å². The number of anilines is 1. The van der Waals surface area contributed by atoms with Crippen molar-refractivity contribution in [3.63, 3.8) is 0 Å². The predicted octanol–water partition coefficient (Wildman–Crippen LogP) is 3.63. The maximum Gasteiger partial charge on any atom is 0.165 e. The average Bonchev–Trinajstić information content (AvgIpc) is 2.46. The number of rotatable bonds is 5. The van der Waals surface area contributed by atoms with E-state index >= 15 is 0 Å². The molecule has 0 heterocycles. The smallest absolute Gasteiger partial charge is 0.165 e. The third-order valence-corrected chi connectivity index (χ3v) is 3.16. The van der Waals surface area contributed by atoms with Gasteiger partial charge in [-0.05, 0) is 29.8 Å². The zero-order valence-electron chi connectivity index (χ0n) is 10.9. The summed E-state index contributed by atoms with van der Waals surface area (Å²) in [6.07, 6.45) is -0.677. The second kappa shape index (κ2) is 6.59. The first-order valence-corrected chi connectivity index (χ1v) is 6.49. The van der Waals surface area contributed by atoms with Crippen LogP contribution in [0.15, 0.2) is 42.5 Å². The van der Waals surface area contributed by atoms with E-state index in [0.29, 0.717) is 17.3 Å². The lowest BCUT2D eigenvalue weighted by Gasteiger charge is -2.14. The van der Waals surface area contributed by atoms with Gasteiger partial charge < -0.3 is 15.2 Å². The largest absolute Gasteiger partial charge is 0.494 e. The molecule has 0 fully saturated rings. The normalized spacial score (nSPS) is 12.0. The lowest BCUT2D eigenvalue weighted by molar-refractivity contribution is 0.191. The van der Waals surface area contributed by atoms with Crippen LogP contribution in [0.5, 0.6) is 5.75 Å². The summed E-state index contributed by atoms with van der Waals surface area (Å²) in [5.74, 6) is -0.257. The molecule has 2 N–H and O–H groups in total. The molecule has 2 aromatic carbocycles. The van der Waals surface area contributed by atoms with E-state index in [4.69, 9.17) is 16.3 Å². The van der Waals surface area contributed by atoms with E-state index in [2.05, 4.69) is 5.32 Å². The summed E-state index contributed by atoms with van der Waals surface area (Å²) in [4.78, 5) is 0. The van der Waals surface area contributed by atoms with Crippen molar-refractivity contribution in [2.75, 3.05) is 19.0 Å². The molecule has 20 heavy (non-hydrogen) atoms. The molecule has 0 aliphatic heterocycles. The van der Waals surface area contributed by atoms with Crippen molar-refractivity contribution in [2.45, 2.75) is 6.10 Å². The third-order valence-electron chi connectivity index (χ3n) is 2.91. The zero-order chi connectivity index (χ0) is 14.5. The summed E-state index contributed by atoms with van der Waals surface area (Å²) < 4.78 is 18.2. The zero-order valence-corrected chi connectivity index (χ0v) is 11.7. The highest BCUT2D eigenvalue weighted by atomic mass is 35.5. The van der Waals surface area contributed by atoms with Crippen LogP contribution in [0.1, 0.15) is 11.7 Å². The summed E-state index contributed by atoms with van der Waals surface area (Å²) in [6.45, 7) is 0.302. The number of ether oxygens (including phenoxy) is 1. The van der Waals surface area contributed by atoms with Crippen LogP contribution < -0.4 is 10.1 Å². The first-order chi connectivity index (χ1) is 9.60. The van der Waals surface area contributed by atoms with E-state index < -0.39 is 11.9 Å². The Kier molecular flexibility index (Phi) is 4.82. The highest BCUT2D eigenvalue weighted by molar-refractivity contribution is 6.30. The standard InChI is InChI=1S/C15H15ClFNO2/c1-20-15-8-12(6-7-13(15)17)18-9-14(19)10-2-4-11(16)5-3-10/h2-8,14,18-19H,9H2,1H3. The molecule has 0 amide bonds. The molecular weight excluding hydrogens is 281 g/mol. The number of aliphatic hydroxyl groups is 1. The number of benzene rings is 2. The van der Waals surface area contributed by atoms with Gasteiger partial charge in [-0.2, -0.15) is 0 Å². The molecule has 1 atom stereocenters. The quantitative estimate of drug-likeness (QED) is 0.885. The molecule has 0 radical (unpaired) electrons. The Morgan fingerprint density at radius 1 is 1.25 bits per heavy atom. The Labute approximate surface area is 122 Å². The van der Waals surface area contributed by atoms with Gasteiger partial charge in [-0.25, -0.2) is 4.39 Å². The van der Waals surface area contributed by atoms with Gasteiger partial charge in [0.2, 0.25) is 0 Å². The molecule has 0 aliphatic carbocycles. The van der Waals surface area contributed by atoms with Gasteiger partial charge in [0, 0.05) is 23.3 Å². The molecule has 2 aromatic rings. The Balaban J connectivity index is 1.99. The van der Waals surface area contributed by atoms with Crippen molar-refractivity contribution in [1.82, 2.24) is 0 Å². The second-order valence-electron chi connectivity index (χ2n) is 4.30. The van der Waals surface area contributed by atoms with Crippen LogP contribution >= 0.6 is 11.6 Å². The molecule has 5 heteroatoms. The SMILES string of the molecule is COc1cc(NCC(O)c2ccc(Cl)cc2)ccc1F. The van der Waals surface area contributed by atoms with Crippen molar-refractivity contribution < 1.29 is 14.2 Å². The van der Waals surface area contributed by atoms with Gasteiger partial charge >= 0.3 is 0 Å². The van der Waals surface area contributed by atoms with E-state index in [1.165, 1.54) is 13.2 Å². The maximum absolute atomic E-state index is 13.3. The molecule has 0 saturated carbocycles. The Morgan fingerprint density at radius 3 is 2.60 bits per heavy atom. The van der Waals surface area contributed by atoms with Crippen molar-refractivity contribution in [1.29, 1.82) is 0 Å². The van der Waals surface area contributed by atoms with E-state index in [1.807, 2.05) is 0 Å². The molecule has 1 unspecified atom stereocenters. The van der Waals surface area contributed by atoms with Gasteiger partial charge in [0.1, 0.15) is 0 Å². The van der Waals surface area contributed by atoms with Crippen molar-refractivity contribution in [3.8, 4) is 5.75 Å². The third kappa shape index (κ3) is 3.62. The van der Waals surface area contributed by atoms with Gasteiger partial charge in [-0.1, -0.05) is 23.7 Å². The van der Waals surface area contributed by atoms with E-state index in [0.717, 1.165) is 5.56 Å². The average molecular weight is 296 g/mol. The van der Waals surface area contributed by atoms with Crippen LogP contribution in [0.2, 0.25) is 5.02 Å². The Hall–Kier alpha value is -1.78. The number of aliphatic hydroxyl groups excluding tert-OH is 1. The highest BCUT2D eigenvalue weighted by Gasteiger charge is 2.08. The summed E-state index contributed by atoms with van der Waals surface area (Å²) in [5.41, 5.74) is 1.44. The highest BCUT2D eigenvalue weighted by Crippen LogP contribution is 2.22. The van der Waals surface area contributed by atoms with Crippen molar-refractivity contribution in [2.24, 2.45) is 0 Å². The fourth-order valence-electron chi connectivity index (χ4n) is 1.79. The molecule has 0 saturated heterocycles. The minimum atomic E-state index is -0.677. The lowest BCUT2D eigenvalue weighted by Crippen LogP contribution is -2.12. The maximum atomic E-state index is 13.3. The van der Waals surface area contributed by atoms with E-state index in [1.54, 1.807) is 36.4 Å². The molecule has 0 spiro atoms. The second-order valence-corrected chi connectivity index (χ2v) is 4.73. The van der Waals surface area contributed by atoms with Crippen LogP contribution in [-0.2, 0) is 0 Å². The fourth-order valence-corrected chi connectivity index (χ4v) is 1.91. The van der Waals surface area contributed by atoms with Gasteiger partial charge in [-0.3, -0.25) is 0 Å². The molecule has 106 valence electrons. The summed E-state index contributed by atoms with van der Waals surface area (Å²) in [5, 5.41) is 13.7. The van der Waals surface area contributed by atoms with Crippen LogP contribution in [-0.4, -0.2) is 18.8 Å². The van der Waals surface area contributed by atoms with Gasteiger partial charge in [0.15, 0.2) is 11.6 Å². The summed E-state index contributed by atoms with van der Waals surface area (Å²) in [7, 11) is 1.41. The number of hydrogen-bond donors (Lipinski definition) is 2. The monoisotopic (exact) mass is 295 g/mol. The Bertz CT molecular complexity index is 575. The topological polar surface area (TPSA) is 41.5 Å². The molecule has 0 bridgehead atoms. The number of hydrogen-bond acceptors (Lipinski definition) is 3. The minimum absolute atomic E-state index is 0.163. The van der Waals surface area contributed by atoms with E-state index in [9.17, 15) is 9.50 Å². The fraction of sp³-hybridized carbons (Fsp3) is 0.200. The summed E-state index contributed by atoms with van der Waals surface area (Å²) >= 11 is 5.79. The number of methoxy groups -OCH3 is 1. The van der Waals surface area contributed by atoms with Crippen LogP contribution in [0.3, 0.4) is 0 Å². The van der Waals surface area contributed by atoms with Crippen LogP contribution in [0, 0.1) is 5.82 Å². The molecule has 2 rings (SSSR count). The molecule has 0 aliphatic rings. The molecule has 3 nitrogen and oxygen atoms in total. The Morgan fingerprint density at radius 2 is 1.95 bits per heavy atom. The lowest BCUT2D eigenvalue weighted by atomic mass is 10.1. The van der Waals surface area contributed by atoms with Crippen molar-refractivity contribution >= 4 is 17.3 Å². The first-order valence-electron chi connectivity index (χ1n) is 6.11. The van der Waals surface area contributed by atoms with Gasteiger partial charge in [-0.15, -0.1) is 0 Å². The molecular formula is C15H15ClFNO2. The molecule has 0 aromatic heterocycles. The van der Waals surface area contributed by atoms with Crippen LogP contribution in [0.25, 0.3) is 0 Å². The van der Waals surface area contributed by atoms with E-state index in [-0.39, 0.29) is 5.75 Å². The van der Waals surface area contributed by atoms with Gasteiger partial charge in [0.25, 0.3) is 0 Å². The minimum Gasteiger partial charge on any atom is -0.494 e.